The van der Waals surface area contributed by atoms with Crippen molar-refractivity contribution in [2.45, 2.75) is 32.6 Å². The van der Waals surface area contributed by atoms with Crippen LogP contribution in [0.1, 0.15) is 29.9 Å². The molecule has 0 N–H and O–H groups in total. The molecule has 0 aliphatic carbocycles. The molecule has 1 aromatic carbocycles. The van der Waals surface area contributed by atoms with Crippen molar-refractivity contribution in [3.63, 3.8) is 0 Å². The van der Waals surface area contributed by atoms with E-state index in [1.807, 2.05) is 6.07 Å². The van der Waals surface area contributed by atoms with E-state index in [0.717, 1.165) is 37.8 Å². The molecular weight excluding hydrogens is 385 g/mol. The molecule has 0 radical (unpaired) electrons. The summed E-state index contributed by atoms with van der Waals surface area (Å²) >= 11 is 0. The van der Waals surface area contributed by atoms with Crippen LogP contribution < -0.4 is 4.90 Å². The van der Waals surface area contributed by atoms with E-state index in [-0.39, 0.29) is 23.7 Å². The predicted octanol–water partition coefficient (Wildman–Crippen LogP) is 2.19. The topological polar surface area (TPSA) is 61.8 Å². The first-order valence-corrected chi connectivity index (χ1v) is 10.5. The number of piperazine rings is 1. The van der Waals surface area contributed by atoms with Crippen molar-refractivity contribution in [3.05, 3.63) is 53.6 Å². The molecule has 2 atom stereocenters. The number of hydrogen-bond acceptors (Lipinski definition) is 6. The number of nitrogens with zero attached hydrogens (tertiary/aromatic N) is 5. The fourth-order valence-corrected chi connectivity index (χ4v) is 4.11. The Labute approximate surface area is 176 Å². The van der Waals surface area contributed by atoms with Gasteiger partial charge in [-0.2, -0.15) is 0 Å². The monoisotopic (exact) mass is 413 g/mol. The summed E-state index contributed by atoms with van der Waals surface area (Å²) in [4.78, 5) is 28.0. The standard InChI is InChI=1S/C22H28FN5O2/c1-16-13-28(14-17(2)30-16)22-24-8-7-18(25-22)15-26-9-11-27(12-10-26)21(29)19-5-3-4-6-20(19)23/h3-8,16-17H,9-15H2,1-2H3/t16-,17-/m0/s1. The van der Waals surface area contributed by atoms with Crippen molar-refractivity contribution in [1.82, 2.24) is 19.8 Å². The van der Waals surface area contributed by atoms with Gasteiger partial charge in [0.15, 0.2) is 0 Å². The third-order valence-electron chi connectivity index (χ3n) is 5.55. The quantitative estimate of drug-likeness (QED) is 0.766. The second-order valence-corrected chi connectivity index (χ2v) is 8.06. The molecule has 2 aliphatic heterocycles. The normalized spacial score (nSPS) is 22.9. The number of halogens is 1. The fraction of sp³-hybridized carbons (Fsp3) is 0.500. The SMILES string of the molecule is C[C@H]1CN(c2nccc(CN3CCN(C(=O)c4ccccc4F)CC3)n2)C[C@H](C)O1. The van der Waals surface area contributed by atoms with E-state index in [2.05, 4.69) is 28.6 Å². The van der Waals surface area contributed by atoms with Crippen molar-refractivity contribution in [2.24, 2.45) is 0 Å². The highest BCUT2D eigenvalue weighted by atomic mass is 19.1. The van der Waals surface area contributed by atoms with Crippen LogP contribution in [0.3, 0.4) is 0 Å². The molecule has 0 unspecified atom stereocenters. The summed E-state index contributed by atoms with van der Waals surface area (Å²) in [7, 11) is 0. The lowest BCUT2D eigenvalue weighted by atomic mass is 10.1. The Bertz CT molecular complexity index is 877. The van der Waals surface area contributed by atoms with Crippen molar-refractivity contribution in [2.75, 3.05) is 44.2 Å². The third-order valence-corrected chi connectivity index (χ3v) is 5.55. The zero-order valence-electron chi connectivity index (χ0n) is 17.5. The third kappa shape index (κ3) is 4.76. The number of benzene rings is 1. The van der Waals surface area contributed by atoms with Gasteiger partial charge in [-0.3, -0.25) is 9.69 Å². The summed E-state index contributed by atoms with van der Waals surface area (Å²) in [6.45, 7) is 8.99. The van der Waals surface area contributed by atoms with E-state index < -0.39 is 5.82 Å². The molecule has 1 aromatic heterocycles. The Kier molecular flexibility index (Phi) is 6.24. The number of anilines is 1. The highest BCUT2D eigenvalue weighted by Crippen LogP contribution is 2.18. The summed E-state index contributed by atoms with van der Waals surface area (Å²) in [5.74, 6) is 0.0284. The van der Waals surface area contributed by atoms with Gasteiger partial charge in [0.25, 0.3) is 5.91 Å². The van der Waals surface area contributed by atoms with Crippen LogP contribution in [0.2, 0.25) is 0 Å². The first-order chi connectivity index (χ1) is 14.5. The van der Waals surface area contributed by atoms with Gasteiger partial charge in [-0.05, 0) is 32.0 Å². The largest absolute Gasteiger partial charge is 0.372 e. The number of carbonyl (C=O) groups is 1. The zero-order chi connectivity index (χ0) is 21.1. The lowest BCUT2D eigenvalue weighted by molar-refractivity contribution is -0.00575. The maximum atomic E-state index is 13.9. The molecule has 0 bridgehead atoms. The predicted molar refractivity (Wildman–Crippen MR) is 112 cm³/mol. The summed E-state index contributed by atoms with van der Waals surface area (Å²) in [5.41, 5.74) is 1.10. The number of carbonyl (C=O) groups excluding carboxylic acids is 1. The van der Waals surface area contributed by atoms with Crippen LogP contribution in [0.4, 0.5) is 10.3 Å². The van der Waals surface area contributed by atoms with Gasteiger partial charge >= 0.3 is 0 Å². The number of rotatable bonds is 4. The summed E-state index contributed by atoms with van der Waals surface area (Å²) < 4.78 is 19.7. The summed E-state index contributed by atoms with van der Waals surface area (Å²) in [6, 6.07) is 8.09. The van der Waals surface area contributed by atoms with Crippen molar-refractivity contribution >= 4 is 11.9 Å². The number of amides is 1. The van der Waals surface area contributed by atoms with Gasteiger partial charge in [0.1, 0.15) is 5.82 Å². The van der Waals surface area contributed by atoms with E-state index in [4.69, 9.17) is 9.72 Å². The minimum absolute atomic E-state index is 0.139. The van der Waals surface area contributed by atoms with Crippen LogP contribution in [0.25, 0.3) is 0 Å². The molecule has 2 saturated heterocycles. The molecule has 0 spiro atoms. The molecule has 2 aromatic rings. The van der Waals surface area contributed by atoms with Gasteiger partial charge in [-0.25, -0.2) is 14.4 Å². The number of morpholine rings is 1. The second-order valence-electron chi connectivity index (χ2n) is 8.06. The highest BCUT2D eigenvalue weighted by molar-refractivity contribution is 5.94. The van der Waals surface area contributed by atoms with Crippen LogP contribution >= 0.6 is 0 Å². The van der Waals surface area contributed by atoms with Crippen LogP contribution in [-0.2, 0) is 11.3 Å². The van der Waals surface area contributed by atoms with Crippen molar-refractivity contribution in [3.8, 4) is 0 Å². The molecule has 30 heavy (non-hydrogen) atoms. The van der Waals surface area contributed by atoms with Gasteiger partial charge < -0.3 is 14.5 Å². The molecule has 8 heteroatoms. The molecular formula is C22H28FN5O2. The molecule has 4 rings (SSSR count). The van der Waals surface area contributed by atoms with E-state index in [1.165, 1.54) is 6.07 Å². The van der Waals surface area contributed by atoms with Gasteiger partial charge in [-0.1, -0.05) is 12.1 Å². The molecule has 2 aliphatic rings. The molecule has 160 valence electrons. The second kappa shape index (κ2) is 9.06. The first kappa shape index (κ1) is 20.7. The van der Waals surface area contributed by atoms with E-state index in [0.29, 0.717) is 19.6 Å². The highest BCUT2D eigenvalue weighted by Gasteiger charge is 2.26. The summed E-state index contributed by atoms with van der Waals surface area (Å²) in [5, 5.41) is 0. The fourth-order valence-electron chi connectivity index (χ4n) is 4.11. The molecule has 1 amide bonds. The maximum Gasteiger partial charge on any atom is 0.256 e. The molecule has 0 saturated carbocycles. The van der Waals surface area contributed by atoms with E-state index >= 15 is 0 Å². The Morgan fingerprint density at radius 2 is 1.80 bits per heavy atom. The Hall–Kier alpha value is -2.58. The van der Waals surface area contributed by atoms with Crippen LogP contribution in [0, 0.1) is 5.82 Å². The van der Waals surface area contributed by atoms with Gasteiger partial charge in [0.2, 0.25) is 5.95 Å². The maximum absolute atomic E-state index is 13.9. The Balaban J connectivity index is 1.34. The van der Waals surface area contributed by atoms with Crippen LogP contribution in [0.15, 0.2) is 36.5 Å². The average molecular weight is 413 g/mol. The molecule has 2 fully saturated rings. The van der Waals surface area contributed by atoms with Crippen LogP contribution in [-0.4, -0.2) is 77.2 Å². The lowest BCUT2D eigenvalue weighted by Crippen LogP contribution is -2.48. The summed E-state index contributed by atoms with van der Waals surface area (Å²) in [6.07, 6.45) is 2.11. The van der Waals surface area contributed by atoms with E-state index in [9.17, 15) is 9.18 Å². The van der Waals surface area contributed by atoms with Crippen LogP contribution in [0.5, 0.6) is 0 Å². The minimum Gasteiger partial charge on any atom is -0.372 e. The smallest absolute Gasteiger partial charge is 0.256 e. The molecule has 7 nitrogen and oxygen atoms in total. The Morgan fingerprint density at radius 3 is 2.50 bits per heavy atom. The first-order valence-electron chi connectivity index (χ1n) is 10.5. The van der Waals surface area contributed by atoms with Crippen molar-refractivity contribution < 1.29 is 13.9 Å². The van der Waals surface area contributed by atoms with Crippen molar-refractivity contribution in [1.29, 1.82) is 0 Å². The number of ether oxygens (including phenoxy) is 1. The average Bonchev–Trinajstić information content (AvgIpc) is 2.74. The number of aromatic nitrogens is 2. The number of hydrogen-bond donors (Lipinski definition) is 0. The van der Waals surface area contributed by atoms with Gasteiger partial charge in [0, 0.05) is 52.0 Å². The Morgan fingerprint density at radius 1 is 1.10 bits per heavy atom. The zero-order valence-corrected chi connectivity index (χ0v) is 17.5. The minimum atomic E-state index is -0.467. The van der Waals surface area contributed by atoms with E-state index in [1.54, 1.807) is 29.3 Å². The van der Waals surface area contributed by atoms with Gasteiger partial charge in [-0.15, -0.1) is 0 Å². The lowest BCUT2D eigenvalue weighted by Gasteiger charge is -2.36. The molecule has 3 heterocycles. The van der Waals surface area contributed by atoms with Gasteiger partial charge in [0.05, 0.1) is 23.5 Å².